The van der Waals surface area contributed by atoms with Gasteiger partial charge in [-0.25, -0.2) is 0 Å². The number of nitrogens with one attached hydrogen (secondary N) is 1. The van der Waals surface area contributed by atoms with Crippen LogP contribution in [0.1, 0.15) is 67.6 Å². The summed E-state index contributed by atoms with van der Waals surface area (Å²) < 4.78 is 0. The number of benzene rings is 1. The van der Waals surface area contributed by atoms with Crippen LogP contribution in [0.4, 0.5) is 0 Å². The van der Waals surface area contributed by atoms with Crippen LogP contribution in [0, 0.1) is 12.3 Å². The van der Waals surface area contributed by atoms with E-state index in [0.29, 0.717) is 5.92 Å². The van der Waals surface area contributed by atoms with Crippen molar-refractivity contribution in [3.63, 3.8) is 0 Å². The number of carbonyl (C=O) groups is 1. The molecule has 1 N–H and O–H groups in total. The minimum Gasteiger partial charge on any atom is -0.359 e. The van der Waals surface area contributed by atoms with Crippen molar-refractivity contribution in [3.05, 3.63) is 40.5 Å². The van der Waals surface area contributed by atoms with Gasteiger partial charge in [0.2, 0.25) is 5.91 Å². The lowest BCUT2D eigenvalue weighted by Crippen LogP contribution is -2.42. The third kappa shape index (κ3) is 2.90. The molecule has 1 aromatic rings. The second kappa shape index (κ2) is 6.84. The highest BCUT2D eigenvalue weighted by molar-refractivity contribution is 5.84. The molecule has 1 heterocycles. The highest BCUT2D eigenvalue weighted by Crippen LogP contribution is 2.53. The summed E-state index contributed by atoms with van der Waals surface area (Å²) >= 11 is 0. The van der Waals surface area contributed by atoms with Gasteiger partial charge in [0.05, 0.1) is 5.41 Å². The summed E-state index contributed by atoms with van der Waals surface area (Å²) in [6, 6.07) is 6.97. The molecule has 1 unspecified atom stereocenters. The number of likely N-dealkylation sites (N-methyl/N-ethyl adjacent to an activating group) is 1. The number of fused-ring (bicyclic) bond motifs is 2. The van der Waals surface area contributed by atoms with Gasteiger partial charge in [-0.05, 0) is 56.4 Å². The van der Waals surface area contributed by atoms with Crippen LogP contribution in [-0.2, 0) is 4.79 Å². The maximum Gasteiger partial charge on any atom is 0.225 e. The molecular weight excluding hydrogens is 320 g/mol. The normalized spacial score (nSPS) is 25.0. The molecule has 1 atom stereocenters. The Balaban J connectivity index is 1.74. The highest BCUT2D eigenvalue weighted by atomic mass is 16.2. The van der Waals surface area contributed by atoms with Crippen LogP contribution >= 0.6 is 0 Å². The molecule has 3 aliphatic rings. The van der Waals surface area contributed by atoms with Gasteiger partial charge in [0.1, 0.15) is 0 Å². The number of carbonyl (C=O) groups excluding carboxylic acids is 1. The van der Waals surface area contributed by atoms with Crippen molar-refractivity contribution in [1.29, 1.82) is 0 Å². The fourth-order valence-corrected chi connectivity index (χ4v) is 5.62. The quantitative estimate of drug-likeness (QED) is 0.881. The minimum atomic E-state index is -0.175. The van der Waals surface area contributed by atoms with E-state index in [1.807, 2.05) is 7.05 Å². The lowest BCUT2D eigenvalue weighted by atomic mass is 9.66. The van der Waals surface area contributed by atoms with Gasteiger partial charge in [-0.3, -0.25) is 4.79 Å². The summed E-state index contributed by atoms with van der Waals surface area (Å²) in [6.45, 7) is 4.37. The van der Waals surface area contributed by atoms with Crippen LogP contribution in [0.3, 0.4) is 0 Å². The summed E-state index contributed by atoms with van der Waals surface area (Å²) in [6.07, 6.45) is 7.89. The Labute approximate surface area is 157 Å². The average Bonchev–Trinajstić information content (AvgIpc) is 2.94. The van der Waals surface area contributed by atoms with E-state index in [2.05, 4.69) is 42.4 Å². The van der Waals surface area contributed by atoms with Crippen molar-refractivity contribution in [2.45, 2.75) is 57.8 Å². The summed E-state index contributed by atoms with van der Waals surface area (Å²) in [5.41, 5.74) is 7.27. The van der Waals surface area contributed by atoms with Gasteiger partial charge < -0.3 is 10.2 Å². The summed E-state index contributed by atoms with van der Waals surface area (Å²) in [5, 5.41) is 3.00. The van der Waals surface area contributed by atoms with Crippen LogP contribution in [0.25, 0.3) is 5.57 Å². The molecule has 1 fully saturated rings. The smallest absolute Gasteiger partial charge is 0.225 e. The molecule has 0 spiro atoms. The molecule has 0 saturated heterocycles. The molecule has 1 aliphatic heterocycles. The number of aryl methyl sites for hydroxylation is 1. The summed E-state index contributed by atoms with van der Waals surface area (Å²) in [5.74, 6) is 0.706. The molecule has 2 aliphatic carbocycles. The predicted octanol–water partition coefficient (Wildman–Crippen LogP) is 4.27. The predicted molar refractivity (Wildman–Crippen MR) is 107 cm³/mol. The van der Waals surface area contributed by atoms with Crippen LogP contribution in [-0.4, -0.2) is 38.0 Å². The van der Waals surface area contributed by atoms with E-state index in [0.717, 1.165) is 38.8 Å². The topological polar surface area (TPSA) is 32.3 Å². The van der Waals surface area contributed by atoms with Gasteiger partial charge in [0.25, 0.3) is 0 Å². The Hall–Kier alpha value is -1.61. The van der Waals surface area contributed by atoms with Crippen LogP contribution in [0.5, 0.6) is 0 Å². The number of hydrogen-bond donors (Lipinski definition) is 1. The lowest BCUT2D eigenvalue weighted by molar-refractivity contribution is -0.133. The van der Waals surface area contributed by atoms with Gasteiger partial charge in [0.15, 0.2) is 0 Å². The van der Waals surface area contributed by atoms with Crippen molar-refractivity contribution >= 4 is 11.5 Å². The molecule has 4 rings (SSSR count). The zero-order valence-electron chi connectivity index (χ0n) is 16.5. The second-order valence-corrected chi connectivity index (χ2v) is 8.76. The van der Waals surface area contributed by atoms with Crippen molar-refractivity contribution < 1.29 is 4.79 Å². The molecule has 1 aromatic carbocycles. The second-order valence-electron chi connectivity index (χ2n) is 8.76. The number of nitrogens with zero attached hydrogens (tertiary/aromatic N) is 1. The van der Waals surface area contributed by atoms with Crippen LogP contribution in [0.2, 0.25) is 0 Å². The Morgan fingerprint density at radius 2 is 2.04 bits per heavy atom. The van der Waals surface area contributed by atoms with Gasteiger partial charge in [-0.2, -0.15) is 0 Å². The Morgan fingerprint density at radius 3 is 2.77 bits per heavy atom. The van der Waals surface area contributed by atoms with Crippen LogP contribution in [0.15, 0.2) is 23.8 Å². The zero-order valence-corrected chi connectivity index (χ0v) is 16.5. The first kappa shape index (κ1) is 17.8. The maximum absolute atomic E-state index is 12.9. The first-order valence-electron chi connectivity index (χ1n) is 10.3. The van der Waals surface area contributed by atoms with Crippen molar-refractivity contribution in [2.24, 2.45) is 5.41 Å². The molecular formula is C23H32N2O. The van der Waals surface area contributed by atoms with E-state index >= 15 is 0 Å². The van der Waals surface area contributed by atoms with E-state index in [1.54, 1.807) is 11.1 Å². The van der Waals surface area contributed by atoms with E-state index in [1.165, 1.54) is 36.0 Å². The third-order valence-corrected chi connectivity index (χ3v) is 7.02. The summed E-state index contributed by atoms with van der Waals surface area (Å²) in [7, 11) is 4.03. The summed E-state index contributed by atoms with van der Waals surface area (Å²) in [4.78, 5) is 15.4. The fraction of sp³-hybridized carbons (Fsp3) is 0.609. The lowest BCUT2D eigenvalue weighted by Gasteiger charge is -2.39. The average molecular weight is 353 g/mol. The number of rotatable bonds is 3. The van der Waals surface area contributed by atoms with Crippen molar-refractivity contribution in [3.8, 4) is 0 Å². The number of amides is 1. The van der Waals surface area contributed by atoms with E-state index in [4.69, 9.17) is 0 Å². The van der Waals surface area contributed by atoms with Gasteiger partial charge in [-0.1, -0.05) is 48.6 Å². The molecule has 0 radical (unpaired) electrons. The maximum atomic E-state index is 12.9. The molecule has 140 valence electrons. The van der Waals surface area contributed by atoms with Gasteiger partial charge >= 0.3 is 0 Å². The molecule has 3 heteroatoms. The molecule has 26 heavy (non-hydrogen) atoms. The largest absolute Gasteiger partial charge is 0.359 e. The number of hydrogen-bond acceptors (Lipinski definition) is 2. The zero-order chi connectivity index (χ0) is 18.3. The minimum absolute atomic E-state index is 0.175. The molecule has 3 nitrogen and oxygen atoms in total. The molecule has 0 bridgehead atoms. The molecule has 0 aromatic heterocycles. The SMILES string of the molecule is CNC(=O)C1(CC2C3=C(CN(C)CC3)c3cc(C)ccc32)CCCCC1. The third-order valence-electron chi connectivity index (χ3n) is 7.02. The standard InChI is InChI=1S/C23H32N2O/c1-16-7-8-17-19(13-16)21-15-25(3)12-9-18(21)20(17)14-23(22(26)24-2)10-5-4-6-11-23/h7-8,13,20H,4-6,9-12,14-15H2,1-3H3,(H,24,26). The van der Waals surface area contributed by atoms with Gasteiger partial charge in [0, 0.05) is 26.1 Å². The fourth-order valence-electron chi connectivity index (χ4n) is 5.62. The van der Waals surface area contributed by atoms with E-state index < -0.39 is 0 Å². The Morgan fingerprint density at radius 1 is 1.27 bits per heavy atom. The van der Waals surface area contributed by atoms with Crippen LogP contribution < -0.4 is 5.32 Å². The first-order valence-corrected chi connectivity index (χ1v) is 10.3. The Kier molecular flexibility index (Phi) is 4.68. The van der Waals surface area contributed by atoms with E-state index in [9.17, 15) is 4.79 Å². The van der Waals surface area contributed by atoms with Crippen molar-refractivity contribution in [2.75, 3.05) is 27.2 Å². The van der Waals surface area contributed by atoms with Gasteiger partial charge in [-0.15, -0.1) is 0 Å². The Bertz CT molecular complexity index is 743. The molecule has 1 amide bonds. The van der Waals surface area contributed by atoms with Crippen molar-refractivity contribution in [1.82, 2.24) is 10.2 Å². The molecule has 1 saturated carbocycles. The highest BCUT2D eigenvalue weighted by Gasteiger charge is 2.44. The monoisotopic (exact) mass is 352 g/mol. The first-order chi connectivity index (χ1) is 12.5. The van der Waals surface area contributed by atoms with E-state index in [-0.39, 0.29) is 11.3 Å².